The van der Waals surface area contributed by atoms with Crippen LogP contribution in [0.4, 0.5) is 0 Å². The van der Waals surface area contributed by atoms with Gasteiger partial charge in [0.2, 0.25) is 5.79 Å². The Balaban J connectivity index is 3.78. The van der Waals surface area contributed by atoms with Crippen LogP contribution in [0.2, 0.25) is 36.3 Å². The molecule has 2 unspecified atom stereocenters. The third-order valence-electron chi connectivity index (χ3n) is 9.71. The lowest BCUT2D eigenvalue weighted by Gasteiger charge is -2.53. The number of esters is 2. The molecule has 1 aliphatic heterocycles. The van der Waals surface area contributed by atoms with Gasteiger partial charge in [-0.2, -0.15) is 0 Å². The molecule has 1 rings (SSSR count). The maximum atomic E-state index is 12.7. The van der Waals surface area contributed by atoms with E-state index < -0.39 is 52.0 Å². The predicted molar refractivity (Wildman–Crippen MR) is 178 cm³/mol. The van der Waals surface area contributed by atoms with Crippen molar-refractivity contribution in [1.82, 2.24) is 0 Å². The molecule has 0 aromatic rings. The molecule has 0 aromatic heterocycles. The van der Waals surface area contributed by atoms with Gasteiger partial charge >= 0.3 is 11.9 Å². The fourth-order valence-corrected chi connectivity index (χ4v) is 11.8. The van der Waals surface area contributed by atoms with Gasteiger partial charge in [0.05, 0.1) is 25.9 Å². The summed E-state index contributed by atoms with van der Waals surface area (Å²) >= 11 is 0. The topological polar surface area (TPSA) is 107 Å². The van der Waals surface area contributed by atoms with E-state index in [2.05, 4.69) is 41.5 Å². The maximum absolute atomic E-state index is 12.7. The van der Waals surface area contributed by atoms with Gasteiger partial charge in [-0.25, -0.2) is 4.79 Å². The van der Waals surface area contributed by atoms with Crippen molar-refractivity contribution >= 4 is 34.9 Å². The van der Waals surface area contributed by atoms with Crippen molar-refractivity contribution in [1.29, 1.82) is 0 Å². The third kappa shape index (κ3) is 9.93. The van der Waals surface area contributed by atoms with Crippen molar-refractivity contribution in [2.24, 2.45) is 5.41 Å². The van der Waals surface area contributed by atoms with E-state index in [9.17, 15) is 14.4 Å². The molecule has 1 aliphatic rings. The molecule has 1 heterocycles. The third-order valence-corrected chi connectivity index (χ3v) is 19.1. The Labute approximate surface area is 268 Å². The first kappa shape index (κ1) is 40.4. The van der Waals surface area contributed by atoms with E-state index >= 15 is 0 Å². The van der Waals surface area contributed by atoms with Crippen molar-refractivity contribution in [3.05, 3.63) is 23.8 Å². The minimum atomic E-state index is -2.04. The first-order valence-corrected chi connectivity index (χ1v) is 21.5. The summed E-state index contributed by atoms with van der Waals surface area (Å²) in [5.74, 6) is -2.60. The number of hydrogen-bond donors (Lipinski definition) is 0. The molecule has 0 spiro atoms. The molecule has 0 radical (unpaired) electrons. The number of methoxy groups -OCH3 is 2. The van der Waals surface area contributed by atoms with E-state index in [1.165, 1.54) is 26.4 Å². The summed E-state index contributed by atoms with van der Waals surface area (Å²) in [6.07, 6.45) is 4.25. The highest BCUT2D eigenvalue weighted by molar-refractivity contribution is 6.74. The monoisotopic (exact) mass is 656 g/mol. The lowest BCUT2D eigenvalue weighted by molar-refractivity contribution is -0.338. The van der Waals surface area contributed by atoms with Crippen LogP contribution in [0.1, 0.15) is 81.6 Å². The van der Waals surface area contributed by atoms with Gasteiger partial charge in [0.15, 0.2) is 22.7 Å². The van der Waals surface area contributed by atoms with Crippen LogP contribution < -0.4 is 0 Å². The molecule has 4 atom stereocenters. The zero-order valence-corrected chi connectivity index (χ0v) is 31.3. The van der Waals surface area contributed by atoms with Crippen molar-refractivity contribution in [3.63, 3.8) is 0 Å². The Morgan fingerprint density at radius 3 is 2.00 bits per heavy atom. The molecule has 0 aromatic carbocycles. The van der Waals surface area contributed by atoms with Gasteiger partial charge in [-0.05, 0) is 54.3 Å². The van der Waals surface area contributed by atoms with Crippen LogP contribution in [0.25, 0.3) is 0 Å². The van der Waals surface area contributed by atoms with Crippen molar-refractivity contribution in [2.75, 3.05) is 20.8 Å². The summed E-state index contributed by atoms with van der Waals surface area (Å²) in [5, 5.41) is 0. The standard InChI is InChI=1S/C33H60O9Si2/c1-12-29(35)40-31-26(23-30(36)37-10)22-27(41-33(31,38-11)32(8,9)20-19-21-34)24-28(42-44(16-5,17-6)18-7)25-39-43(13-2,14-3)15-4/h19-21,23,27-28,31H,12-18,22,24-25H2,1-11H3/b20-19+,26-23+/t27?,28?,31-,33+/m0/s1. The molecule has 254 valence electrons. The Bertz CT molecular complexity index is 956. The normalized spacial score (nSPS) is 23.1. The molecule has 0 amide bonds. The molecule has 0 aliphatic carbocycles. The van der Waals surface area contributed by atoms with Crippen LogP contribution in [-0.4, -0.2) is 79.8 Å². The number of hydrogen-bond acceptors (Lipinski definition) is 9. The van der Waals surface area contributed by atoms with Gasteiger partial charge in [0, 0.05) is 31.4 Å². The van der Waals surface area contributed by atoms with E-state index in [0.717, 1.165) is 36.3 Å². The van der Waals surface area contributed by atoms with Gasteiger partial charge in [-0.3, -0.25) is 9.59 Å². The van der Waals surface area contributed by atoms with Gasteiger partial charge in [-0.1, -0.05) is 68.4 Å². The molecule has 0 N–H and O–H groups in total. The highest BCUT2D eigenvalue weighted by Crippen LogP contribution is 2.49. The molecule has 9 nitrogen and oxygen atoms in total. The van der Waals surface area contributed by atoms with Crippen LogP contribution >= 0.6 is 0 Å². The number of carbonyl (C=O) groups excluding carboxylic acids is 3. The van der Waals surface area contributed by atoms with E-state index in [-0.39, 0.29) is 12.5 Å². The summed E-state index contributed by atoms with van der Waals surface area (Å²) in [4.78, 5) is 36.7. The van der Waals surface area contributed by atoms with Crippen LogP contribution in [0.3, 0.4) is 0 Å². The minimum absolute atomic E-state index is 0.124. The molecule has 11 heteroatoms. The number of allylic oxidation sites excluding steroid dienone is 1. The average molecular weight is 657 g/mol. The lowest BCUT2D eigenvalue weighted by Crippen LogP contribution is -2.63. The smallest absolute Gasteiger partial charge is 0.330 e. The molecule has 0 saturated carbocycles. The fourth-order valence-electron chi connectivity index (χ4n) is 6.24. The van der Waals surface area contributed by atoms with Gasteiger partial charge in [0.1, 0.15) is 6.29 Å². The number of rotatable bonds is 20. The summed E-state index contributed by atoms with van der Waals surface area (Å²) < 4.78 is 37.9. The van der Waals surface area contributed by atoms with Crippen LogP contribution in [0.5, 0.6) is 0 Å². The fraction of sp³-hybridized carbons (Fsp3) is 0.788. The first-order valence-electron chi connectivity index (χ1n) is 16.5. The molecule has 0 bridgehead atoms. The zero-order chi connectivity index (χ0) is 33.6. The summed E-state index contributed by atoms with van der Waals surface area (Å²) in [7, 11) is -1.15. The summed E-state index contributed by atoms with van der Waals surface area (Å²) in [6, 6.07) is 6.08. The van der Waals surface area contributed by atoms with Crippen LogP contribution in [0.15, 0.2) is 23.8 Å². The second-order valence-corrected chi connectivity index (χ2v) is 21.8. The second-order valence-electron chi connectivity index (χ2n) is 12.3. The van der Waals surface area contributed by atoms with E-state index in [0.29, 0.717) is 31.3 Å². The quantitative estimate of drug-likeness (QED) is 0.0586. The van der Waals surface area contributed by atoms with E-state index in [4.69, 9.17) is 27.8 Å². The molecule has 1 fully saturated rings. The van der Waals surface area contributed by atoms with Crippen LogP contribution in [0, 0.1) is 5.41 Å². The first-order chi connectivity index (χ1) is 20.8. The molecule has 1 saturated heterocycles. The van der Waals surface area contributed by atoms with E-state index in [1.54, 1.807) is 13.0 Å². The highest BCUT2D eigenvalue weighted by atomic mass is 28.4. The van der Waals surface area contributed by atoms with Gasteiger partial charge < -0.3 is 27.8 Å². The summed E-state index contributed by atoms with van der Waals surface area (Å²) in [5.41, 5.74) is -0.445. The minimum Gasteiger partial charge on any atom is -0.466 e. The molecule has 44 heavy (non-hydrogen) atoms. The van der Waals surface area contributed by atoms with Crippen molar-refractivity contribution in [2.45, 2.75) is 142 Å². The Hall–Kier alpha value is -1.64. The van der Waals surface area contributed by atoms with Crippen LogP contribution in [-0.2, 0) is 42.2 Å². The molecular formula is C33H60O9Si2. The predicted octanol–water partition coefficient (Wildman–Crippen LogP) is 7.12. The second kappa shape index (κ2) is 18.5. The largest absolute Gasteiger partial charge is 0.466 e. The van der Waals surface area contributed by atoms with Crippen molar-refractivity contribution in [3.8, 4) is 0 Å². The highest BCUT2D eigenvalue weighted by Gasteiger charge is 2.59. The average Bonchev–Trinajstić information content (AvgIpc) is 3.04. The number of carbonyl (C=O) groups is 3. The Morgan fingerprint density at radius 1 is 0.977 bits per heavy atom. The maximum Gasteiger partial charge on any atom is 0.330 e. The SMILES string of the molecule is CCC(=O)O[C@H]1/C(=C/C(=O)OC)CC(CC(CO[Si](CC)(CC)CC)O[Si](CC)(CC)CC)O[C@@]1(OC)C(C)(C)/C=C/C=O. The van der Waals surface area contributed by atoms with Gasteiger partial charge in [-0.15, -0.1) is 0 Å². The van der Waals surface area contributed by atoms with Gasteiger partial charge in [0.25, 0.3) is 0 Å². The molecular weight excluding hydrogens is 597 g/mol. The Morgan fingerprint density at radius 2 is 1.55 bits per heavy atom. The lowest BCUT2D eigenvalue weighted by atomic mass is 9.74. The Kier molecular flexibility index (Phi) is 17.0. The number of aldehydes is 1. The zero-order valence-electron chi connectivity index (χ0n) is 29.3. The van der Waals surface area contributed by atoms with E-state index in [1.807, 2.05) is 13.8 Å². The summed E-state index contributed by atoms with van der Waals surface area (Å²) in [6.45, 7) is 19.1. The number of ether oxygens (including phenoxy) is 4. The van der Waals surface area contributed by atoms with Crippen molar-refractivity contribution < 1.29 is 42.2 Å².